The number of methoxy groups -OCH3 is 1. The molecule has 0 spiro atoms. The molecule has 2 aromatic carbocycles. The highest BCUT2D eigenvalue weighted by Gasteiger charge is 2.09. The van der Waals surface area contributed by atoms with E-state index >= 15 is 0 Å². The maximum Gasteiger partial charge on any atom is 0.154 e. The molecule has 1 heterocycles. The van der Waals surface area contributed by atoms with Crippen molar-refractivity contribution in [3.8, 4) is 5.75 Å². The number of hydrogen-bond donors (Lipinski definition) is 2. The Kier molecular flexibility index (Phi) is 2.19. The van der Waals surface area contributed by atoms with E-state index in [1.165, 1.54) is 0 Å². The fraction of sp³-hybridized carbons (Fsp3) is 0.0769. The van der Waals surface area contributed by atoms with Crippen LogP contribution in [0.4, 0.5) is 11.6 Å². The van der Waals surface area contributed by atoms with Gasteiger partial charge in [-0.3, -0.25) is 0 Å². The summed E-state index contributed by atoms with van der Waals surface area (Å²) in [6.45, 7) is 0. The lowest BCUT2D eigenvalue weighted by molar-refractivity contribution is 0.420. The van der Waals surface area contributed by atoms with E-state index in [-0.39, 0.29) is 0 Å². The Hall–Kier alpha value is -2.56. The van der Waals surface area contributed by atoms with E-state index in [4.69, 9.17) is 16.2 Å². The lowest BCUT2D eigenvalue weighted by Crippen LogP contribution is -2.00. The number of rotatable bonds is 1. The van der Waals surface area contributed by atoms with Gasteiger partial charge in [0.25, 0.3) is 0 Å². The molecule has 0 radical (unpaired) electrons. The number of nitrogen functional groups attached to an aromatic ring is 2. The topological polar surface area (TPSA) is 87.0 Å². The summed E-state index contributed by atoms with van der Waals surface area (Å²) in [6, 6.07) is 9.72. The molecular weight excluding hydrogens is 228 g/mol. The van der Waals surface area contributed by atoms with E-state index in [0.717, 1.165) is 27.3 Å². The first-order chi connectivity index (χ1) is 8.70. The Morgan fingerprint density at radius 3 is 2.28 bits per heavy atom. The fourth-order valence-electron chi connectivity index (χ4n) is 2.11. The Labute approximate surface area is 103 Å². The number of ether oxygens (including phenoxy) is 1. The standard InChI is InChI=1S/C13H12N4O/c1-18-11-4-2-3-7-5-9-10(6-8(7)11)13(15)17-16-12(9)14/h2-6H,1H3,(H2,14,16)(H2,15,17). The van der Waals surface area contributed by atoms with Crippen LogP contribution >= 0.6 is 0 Å². The highest BCUT2D eigenvalue weighted by molar-refractivity contribution is 6.07. The summed E-state index contributed by atoms with van der Waals surface area (Å²) in [4.78, 5) is 0. The predicted molar refractivity (Wildman–Crippen MR) is 72.4 cm³/mol. The van der Waals surface area contributed by atoms with Crippen LogP contribution in [0.25, 0.3) is 21.5 Å². The SMILES string of the molecule is COc1cccc2cc3c(N)nnc(N)c3cc12. The van der Waals surface area contributed by atoms with E-state index in [1.54, 1.807) is 7.11 Å². The van der Waals surface area contributed by atoms with E-state index < -0.39 is 0 Å². The molecule has 0 saturated heterocycles. The highest BCUT2D eigenvalue weighted by Crippen LogP contribution is 2.32. The van der Waals surface area contributed by atoms with Crippen LogP contribution < -0.4 is 16.2 Å². The van der Waals surface area contributed by atoms with Crippen LogP contribution in [-0.2, 0) is 0 Å². The van der Waals surface area contributed by atoms with Gasteiger partial charge in [0.05, 0.1) is 7.11 Å². The third-order valence-corrected chi connectivity index (χ3v) is 3.02. The Bertz CT molecular complexity index is 755. The molecule has 90 valence electrons. The largest absolute Gasteiger partial charge is 0.496 e. The minimum absolute atomic E-state index is 0.368. The maximum absolute atomic E-state index is 5.84. The summed E-state index contributed by atoms with van der Waals surface area (Å²) in [5.41, 5.74) is 11.7. The van der Waals surface area contributed by atoms with Crippen LogP contribution in [0.15, 0.2) is 30.3 Å². The second-order valence-electron chi connectivity index (χ2n) is 4.05. The molecule has 0 unspecified atom stereocenters. The van der Waals surface area contributed by atoms with Gasteiger partial charge in [-0.15, -0.1) is 10.2 Å². The number of hydrogen-bond acceptors (Lipinski definition) is 5. The Morgan fingerprint density at radius 1 is 0.944 bits per heavy atom. The summed E-state index contributed by atoms with van der Waals surface area (Å²) in [6.07, 6.45) is 0. The zero-order valence-corrected chi connectivity index (χ0v) is 9.84. The van der Waals surface area contributed by atoms with Gasteiger partial charge in [-0.25, -0.2) is 0 Å². The molecule has 4 N–H and O–H groups in total. The zero-order valence-electron chi connectivity index (χ0n) is 9.84. The van der Waals surface area contributed by atoms with Gasteiger partial charge >= 0.3 is 0 Å². The smallest absolute Gasteiger partial charge is 0.154 e. The molecule has 18 heavy (non-hydrogen) atoms. The average molecular weight is 240 g/mol. The van der Waals surface area contributed by atoms with Crippen molar-refractivity contribution >= 4 is 33.2 Å². The van der Waals surface area contributed by atoms with Gasteiger partial charge in [0.15, 0.2) is 11.6 Å². The molecular formula is C13H12N4O. The third kappa shape index (κ3) is 1.41. The van der Waals surface area contributed by atoms with E-state index in [1.807, 2.05) is 30.3 Å². The van der Waals surface area contributed by atoms with Crippen molar-refractivity contribution in [2.45, 2.75) is 0 Å². The summed E-state index contributed by atoms with van der Waals surface area (Å²) >= 11 is 0. The number of aromatic nitrogens is 2. The van der Waals surface area contributed by atoms with E-state index in [9.17, 15) is 0 Å². The van der Waals surface area contributed by atoms with Crippen LogP contribution in [0.3, 0.4) is 0 Å². The predicted octanol–water partition coefficient (Wildman–Crippen LogP) is 1.96. The van der Waals surface area contributed by atoms with Crippen molar-refractivity contribution in [2.75, 3.05) is 18.6 Å². The molecule has 0 fully saturated rings. The Morgan fingerprint density at radius 2 is 1.61 bits per heavy atom. The number of anilines is 2. The monoisotopic (exact) mass is 240 g/mol. The van der Waals surface area contributed by atoms with Gasteiger partial charge in [-0.05, 0) is 23.6 Å². The van der Waals surface area contributed by atoms with Crippen LogP contribution in [-0.4, -0.2) is 17.3 Å². The first-order valence-corrected chi connectivity index (χ1v) is 5.49. The normalized spacial score (nSPS) is 10.9. The fourth-order valence-corrected chi connectivity index (χ4v) is 2.11. The average Bonchev–Trinajstić information content (AvgIpc) is 2.41. The molecule has 0 aliphatic rings. The van der Waals surface area contributed by atoms with Crippen molar-refractivity contribution < 1.29 is 4.74 Å². The first kappa shape index (κ1) is 10.6. The molecule has 0 atom stereocenters. The van der Waals surface area contributed by atoms with Gasteiger partial charge in [-0.1, -0.05) is 12.1 Å². The van der Waals surface area contributed by atoms with E-state index in [2.05, 4.69) is 10.2 Å². The Balaban J connectivity index is 2.51. The zero-order chi connectivity index (χ0) is 12.7. The lowest BCUT2D eigenvalue weighted by Gasteiger charge is -2.08. The number of nitrogens with two attached hydrogens (primary N) is 2. The molecule has 0 saturated carbocycles. The van der Waals surface area contributed by atoms with Crippen molar-refractivity contribution in [3.05, 3.63) is 30.3 Å². The minimum Gasteiger partial charge on any atom is -0.496 e. The maximum atomic E-state index is 5.84. The van der Waals surface area contributed by atoms with Gasteiger partial charge < -0.3 is 16.2 Å². The first-order valence-electron chi connectivity index (χ1n) is 5.49. The summed E-state index contributed by atoms with van der Waals surface area (Å²) in [5.74, 6) is 1.54. The molecule has 0 aliphatic carbocycles. The van der Waals surface area contributed by atoms with E-state index in [0.29, 0.717) is 11.6 Å². The number of fused-ring (bicyclic) bond motifs is 2. The summed E-state index contributed by atoms with van der Waals surface area (Å²) in [5, 5.41) is 11.3. The van der Waals surface area contributed by atoms with Gasteiger partial charge in [-0.2, -0.15) is 0 Å². The minimum atomic E-state index is 0.368. The van der Waals surface area contributed by atoms with Crippen molar-refractivity contribution in [1.29, 1.82) is 0 Å². The number of benzene rings is 2. The molecule has 0 bridgehead atoms. The van der Waals surface area contributed by atoms with Crippen molar-refractivity contribution in [3.63, 3.8) is 0 Å². The van der Waals surface area contributed by atoms with Crippen LogP contribution in [0.5, 0.6) is 5.75 Å². The second kappa shape index (κ2) is 3.73. The van der Waals surface area contributed by atoms with Gasteiger partial charge in [0.2, 0.25) is 0 Å². The molecule has 0 aliphatic heterocycles. The van der Waals surface area contributed by atoms with Gasteiger partial charge in [0.1, 0.15) is 5.75 Å². The van der Waals surface area contributed by atoms with Crippen LogP contribution in [0, 0.1) is 0 Å². The summed E-state index contributed by atoms with van der Waals surface area (Å²) < 4.78 is 5.34. The quantitative estimate of drug-likeness (QED) is 0.635. The second-order valence-corrected chi connectivity index (χ2v) is 4.05. The highest BCUT2D eigenvalue weighted by atomic mass is 16.5. The van der Waals surface area contributed by atoms with Crippen molar-refractivity contribution in [1.82, 2.24) is 10.2 Å². The molecule has 5 nitrogen and oxygen atoms in total. The molecule has 3 aromatic rings. The van der Waals surface area contributed by atoms with Crippen LogP contribution in [0.2, 0.25) is 0 Å². The molecule has 3 rings (SSSR count). The summed E-state index contributed by atoms with van der Waals surface area (Å²) in [7, 11) is 1.64. The lowest BCUT2D eigenvalue weighted by atomic mass is 10.0. The number of nitrogens with zero attached hydrogens (tertiary/aromatic N) is 2. The van der Waals surface area contributed by atoms with Crippen molar-refractivity contribution in [2.24, 2.45) is 0 Å². The molecule has 1 aromatic heterocycles. The third-order valence-electron chi connectivity index (χ3n) is 3.02. The van der Waals surface area contributed by atoms with Gasteiger partial charge in [0, 0.05) is 16.2 Å². The molecule has 5 heteroatoms. The van der Waals surface area contributed by atoms with Crippen LogP contribution in [0.1, 0.15) is 0 Å². The molecule has 0 amide bonds.